The van der Waals surface area contributed by atoms with Gasteiger partial charge in [-0.1, -0.05) is 41.4 Å². The van der Waals surface area contributed by atoms with E-state index in [2.05, 4.69) is 0 Å². The van der Waals surface area contributed by atoms with E-state index < -0.39 is 0 Å². The van der Waals surface area contributed by atoms with Crippen molar-refractivity contribution in [2.45, 2.75) is 25.8 Å². The molecule has 2 aromatic rings. The molecule has 2 amide bonds. The molecule has 1 saturated heterocycles. The first-order chi connectivity index (χ1) is 11.5. The van der Waals surface area contributed by atoms with E-state index >= 15 is 0 Å². The average Bonchev–Trinajstić information content (AvgIpc) is 2.83. The zero-order valence-electron chi connectivity index (χ0n) is 13.5. The molecular weight excluding hydrogens is 324 g/mol. The van der Waals surface area contributed by atoms with Gasteiger partial charge in [0.15, 0.2) is 6.04 Å². The predicted octanol–water partition coefficient (Wildman–Crippen LogP) is 2.09. The number of imide groups is 1. The largest absolute Gasteiger partial charge is 0.335 e. The molecule has 2 aromatic carbocycles. The first-order valence-electron chi connectivity index (χ1n) is 8.06. The third kappa shape index (κ3) is 3.66. The Balaban J connectivity index is 1.60. The first kappa shape index (κ1) is 16.7. The third-order valence-electron chi connectivity index (χ3n) is 4.25. The number of hydrogen-bond donors (Lipinski definition) is 1. The van der Waals surface area contributed by atoms with E-state index in [1.165, 1.54) is 4.90 Å². The van der Waals surface area contributed by atoms with Gasteiger partial charge in [-0.15, -0.1) is 0 Å². The molecule has 24 heavy (non-hydrogen) atoms. The lowest BCUT2D eigenvalue weighted by Crippen LogP contribution is -2.92. The highest BCUT2D eigenvalue weighted by molar-refractivity contribution is 6.30. The number of benzene rings is 2. The van der Waals surface area contributed by atoms with Gasteiger partial charge in [-0.3, -0.25) is 9.59 Å². The summed E-state index contributed by atoms with van der Waals surface area (Å²) < 4.78 is 0. The summed E-state index contributed by atoms with van der Waals surface area (Å²) >= 11 is 5.98. The quantitative estimate of drug-likeness (QED) is 0.845. The molecule has 0 unspecified atom stereocenters. The van der Waals surface area contributed by atoms with Gasteiger partial charge in [0.2, 0.25) is 5.91 Å². The zero-order chi connectivity index (χ0) is 17.1. The van der Waals surface area contributed by atoms with Gasteiger partial charge < -0.3 is 5.32 Å². The number of carbonyl (C=O) groups is 2. The second kappa shape index (κ2) is 7.16. The van der Waals surface area contributed by atoms with E-state index in [0.29, 0.717) is 10.7 Å². The molecule has 4 nitrogen and oxygen atoms in total. The lowest BCUT2D eigenvalue weighted by Gasteiger charge is -2.14. The summed E-state index contributed by atoms with van der Waals surface area (Å²) in [5, 5.41) is 2.67. The number of hydrogen-bond acceptors (Lipinski definition) is 2. The Kier molecular flexibility index (Phi) is 4.97. The van der Waals surface area contributed by atoms with Crippen LogP contribution in [0.3, 0.4) is 0 Å². The van der Waals surface area contributed by atoms with Crippen molar-refractivity contribution in [1.29, 1.82) is 0 Å². The SMILES string of the molecule is Cc1ccc(N2C(=O)C[C@H]([NH2+]CCc3cccc(Cl)c3)C2=O)cc1. The molecule has 0 bridgehead atoms. The van der Waals surface area contributed by atoms with Crippen LogP contribution in [0.4, 0.5) is 5.69 Å². The highest BCUT2D eigenvalue weighted by atomic mass is 35.5. The molecule has 124 valence electrons. The smallest absolute Gasteiger partial charge is 0.292 e. The second-order valence-electron chi connectivity index (χ2n) is 6.12. The standard InChI is InChI=1S/C19H19ClN2O2/c1-13-5-7-16(8-6-13)22-18(23)12-17(19(22)24)21-10-9-14-3-2-4-15(20)11-14/h2-8,11,17,21H,9-10,12H2,1H3/p+1/t17-/m0/s1. The predicted molar refractivity (Wildman–Crippen MR) is 94.0 cm³/mol. The normalized spacial score (nSPS) is 17.6. The molecule has 0 radical (unpaired) electrons. The van der Waals surface area contributed by atoms with Crippen molar-refractivity contribution >= 4 is 29.1 Å². The molecule has 1 aliphatic heterocycles. The summed E-state index contributed by atoms with van der Waals surface area (Å²) in [6.45, 7) is 2.72. The molecule has 5 heteroatoms. The van der Waals surface area contributed by atoms with Gasteiger partial charge in [0.05, 0.1) is 18.7 Å². The van der Waals surface area contributed by atoms with Crippen LogP contribution in [0.1, 0.15) is 17.5 Å². The van der Waals surface area contributed by atoms with Gasteiger partial charge in [-0.25, -0.2) is 4.90 Å². The van der Waals surface area contributed by atoms with Crippen LogP contribution in [-0.2, 0) is 16.0 Å². The maximum atomic E-state index is 12.6. The average molecular weight is 344 g/mol. The Bertz CT molecular complexity index is 758. The highest BCUT2D eigenvalue weighted by Crippen LogP contribution is 2.22. The molecular formula is C19H20ClN2O2+. The number of carbonyl (C=O) groups excluding carboxylic acids is 2. The number of halogens is 1. The lowest BCUT2D eigenvalue weighted by atomic mass is 10.1. The minimum Gasteiger partial charge on any atom is -0.335 e. The van der Waals surface area contributed by atoms with Crippen molar-refractivity contribution in [3.05, 3.63) is 64.7 Å². The number of nitrogens with zero attached hydrogens (tertiary/aromatic N) is 1. The van der Waals surface area contributed by atoms with Crippen molar-refractivity contribution in [2.75, 3.05) is 11.4 Å². The van der Waals surface area contributed by atoms with E-state index in [0.717, 1.165) is 24.1 Å². The number of anilines is 1. The minimum absolute atomic E-state index is 0.130. The Morgan fingerprint density at radius 2 is 1.92 bits per heavy atom. The second-order valence-corrected chi connectivity index (χ2v) is 6.55. The number of amides is 2. The van der Waals surface area contributed by atoms with Crippen LogP contribution in [0.25, 0.3) is 0 Å². The molecule has 0 saturated carbocycles. The Morgan fingerprint density at radius 1 is 1.17 bits per heavy atom. The Labute approximate surface area is 146 Å². The molecule has 0 aliphatic carbocycles. The van der Waals surface area contributed by atoms with Crippen molar-refractivity contribution in [3.8, 4) is 0 Å². The fraction of sp³-hybridized carbons (Fsp3) is 0.263. The Hall–Kier alpha value is -2.17. The summed E-state index contributed by atoms with van der Waals surface area (Å²) in [5.74, 6) is -0.261. The third-order valence-corrected chi connectivity index (χ3v) is 4.48. The molecule has 0 aromatic heterocycles. The van der Waals surface area contributed by atoms with Crippen molar-refractivity contribution in [2.24, 2.45) is 0 Å². The van der Waals surface area contributed by atoms with Crippen molar-refractivity contribution < 1.29 is 14.9 Å². The van der Waals surface area contributed by atoms with E-state index in [1.54, 1.807) is 0 Å². The lowest BCUT2D eigenvalue weighted by molar-refractivity contribution is -0.674. The van der Waals surface area contributed by atoms with Gasteiger partial charge in [0, 0.05) is 11.4 Å². The van der Waals surface area contributed by atoms with Gasteiger partial charge in [-0.05, 0) is 36.8 Å². The number of aryl methyl sites for hydroxylation is 1. The molecule has 1 fully saturated rings. The van der Waals surface area contributed by atoms with E-state index in [9.17, 15) is 9.59 Å². The van der Waals surface area contributed by atoms with Crippen LogP contribution >= 0.6 is 11.6 Å². The monoisotopic (exact) mass is 343 g/mol. The molecule has 2 N–H and O–H groups in total. The molecule has 1 atom stereocenters. The molecule has 3 rings (SSSR count). The van der Waals surface area contributed by atoms with Crippen molar-refractivity contribution in [1.82, 2.24) is 0 Å². The fourth-order valence-electron chi connectivity index (χ4n) is 2.95. The molecule has 1 heterocycles. The van der Waals surface area contributed by atoms with E-state index in [1.807, 2.05) is 60.8 Å². The summed E-state index contributed by atoms with van der Waals surface area (Å²) in [6.07, 6.45) is 1.06. The molecule has 0 spiro atoms. The number of nitrogens with two attached hydrogens (primary N) is 1. The number of quaternary nitrogens is 1. The molecule has 1 aliphatic rings. The van der Waals surface area contributed by atoms with E-state index in [-0.39, 0.29) is 24.3 Å². The summed E-state index contributed by atoms with van der Waals surface area (Å²) in [4.78, 5) is 26.1. The summed E-state index contributed by atoms with van der Waals surface area (Å²) in [5.41, 5.74) is 2.88. The maximum Gasteiger partial charge on any atom is 0.292 e. The number of rotatable bonds is 5. The highest BCUT2D eigenvalue weighted by Gasteiger charge is 2.41. The van der Waals surface area contributed by atoms with Crippen LogP contribution in [0, 0.1) is 6.92 Å². The first-order valence-corrected chi connectivity index (χ1v) is 8.43. The minimum atomic E-state index is -0.335. The van der Waals surface area contributed by atoms with Crippen LogP contribution in [0.5, 0.6) is 0 Å². The summed E-state index contributed by atoms with van der Waals surface area (Å²) in [7, 11) is 0. The van der Waals surface area contributed by atoms with Crippen LogP contribution < -0.4 is 10.2 Å². The fourth-order valence-corrected chi connectivity index (χ4v) is 3.16. The van der Waals surface area contributed by atoms with Gasteiger partial charge in [0.1, 0.15) is 0 Å². The topological polar surface area (TPSA) is 54.0 Å². The van der Waals surface area contributed by atoms with Crippen LogP contribution in [0.2, 0.25) is 5.02 Å². The van der Waals surface area contributed by atoms with Gasteiger partial charge in [-0.2, -0.15) is 0 Å². The zero-order valence-corrected chi connectivity index (χ0v) is 14.3. The van der Waals surface area contributed by atoms with Gasteiger partial charge in [0.25, 0.3) is 5.91 Å². The summed E-state index contributed by atoms with van der Waals surface area (Å²) in [6, 6.07) is 14.8. The van der Waals surface area contributed by atoms with Crippen LogP contribution in [0.15, 0.2) is 48.5 Å². The maximum absolute atomic E-state index is 12.6. The Morgan fingerprint density at radius 3 is 2.62 bits per heavy atom. The van der Waals surface area contributed by atoms with Gasteiger partial charge >= 0.3 is 0 Å². The van der Waals surface area contributed by atoms with Crippen LogP contribution in [-0.4, -0.2) is 24.4 Å². The van der Waals surface area contributed by atoms with Crippen molar-refractivity contribution in [3.63, 3.8) is 0 Å². The van der Waals surface area contributed by atoms with E-state index in [4.69, 9.17) is 11.6 Å².